The Kier molecular flexibility index (Phi) is 7.92. The molecule has 0 atom stereocenters. The van der Waals surface area contributed by atoms with Gasteiger partial charge in [-0.2, -0.15) is 0 Å². The molecular formula is C28H36N4O. The Morgan fingerprint density at radius 2 is 1.82 bits per heavy atom. The summed E-state index contributed by atoms with van der Waals surface area (Å²) in [6.45, 7) is 8.54. The highest BCUT2D eigenvalue weighted by atomic mass is 16.2. The largest absolute Gasteiger partial charge is 0.370 e. The van der Waals surface area contributed by atoms with Crippen LogP contribution in [0.2, 0.25) is 0 Å². The maximum atomic E-state index is 12.4. The number of allylic oxidation sites excluding steroid dienone is 1. The van der Waals surface area contributed by atoms with Crippen molar-refractivity contribution in [2.75, 3.05) is 37.6 Å². The molecular weight excluding hydrogens is 408 g/mol. The molecule has 2 aromatic rings. The zero-order chi connectivity index (χ0) is 23.0. The normalized spacial score (nSPS) is 19.9. The van der Waals surface area contributed by atoms with Gasteiger partial charge in [0.15, 0.2) is 0 Å². The standard InChI is InChI=1S/C26H30N4O.C2H6/c31-26(21-8-9-21)30-15-3-14-29(16-17-30)24-10-6-20(7-11-24)18-22-4-2-13-28-25(22)23-5-1-12-27-19-23;1-2/h1,5-7,10-12,18-19,21H,2-4,8-9,13-17H2;1-2H3/b22-18+;. The van der Waals surface area contributed by atoms with Crippen LogP contribution in [0.15, 0.2) is 59.4 Å². The van der Waals surface area contributed by atoms with E-state index in [1.165, 1.54) is 16.8 Å². The topological polar surface area (TPSA) is 48.8 Å². The van der Waals surface area contributed by atoms with Crippen LogP contribution in [0.1, 0.15) is 57.1 Å². The minimum atomic E-state index is 0.318. The molecule has 0 N–H and O–H groups in total. The van der Waals surface area contributed by atoms with E-state index in [1.807, 2.05) is 26.1 Å². The fourth-order valence-electron chi connectivity index (χ4n) is 4.57. The lowest BCUT2D eigenvalue weighted by molar-refractivity contribution is -0.132. The lowest BCUT2D eigenvalue weighted by Gasteiger charge is -2.24. The van der Waals surface area contributed by atoms with E-state index in [-0.39, 0.29) is 0 Å². The van der Waals surface area contributed by atoms with Crippen LogP contribution >= 0.6 is 0 Å². The second kappa shape index (κ2) is 11.3. The molecule has 2 aliphatic heterocycles. The second-order valence-corrected chi connectivity index (χ2v) is 8.78. The zero-order valence-corrected chi connectivity index (χ0v) is 20.0. The Labute approximate surface area is 198 Å². The first kappa shape index (κ1) is 23.2. The maximum absolute atomic E-state index is 12.4. The van der Waals surface area contributed by atoms with Crippen molar-refractivity contribution in [3.05, 3.63) is 65.5 Å². The minimum absolute atomic E-state index is 0.318. The average Bonchev–Trinajstić information content (AvgIpc) is 3.74. The summed E-state index contributed by atoms with van der Waals surface area (Å²) in [5.41, 5.74) is 5.91. The van der Waals surface area contributed by atoms with Crippen molar-refractivity contribution in [3.63, 3.8) is 0 Å². The van der Waals surface area contributed by atoms with E-state index >= 15 is 0 Å². The van der Waals surface area contributed by atoms with Gasteiger partial charge in [-0.25, -0.2) is 0 Å². The number of pyridine rings is 1. The lowest BCUT2D eigenvalue weighted by Crippen LogP contribution is -2.36. The third-order valence-corrected chi connectivity index (χ3v) is 6.45. The van der Waals surface area contributed by atoms with Crippen molar-refractivity contribution in [2.24, 2.45) is 10.9 Å². The summed E-state index contributed by atoms with van der Waals surface area (Å²) >= 11 is 0. The molecule has 174 valence electrons. The predicted molar refractivity (Wildman–Crippen MR) is 137 cm³/mol. The zero-order valence-electron chi connectivity index (χ0n) is 20.0. The van der Waals surface area contributed by atoms with Gasteiger partial charge in [0.2, 0.25) is 5.91 Å². The number of carbonyl (C=O) groups excluding carboxylic acids is 1. The molecule has 0 bridgehead atoms. The molecule has 2 fully saturated rings. The molecule has 0 spiro atoms. The third-order valence-electron chi connectivity index (χ3n) is 6.45. The van der Waals surface area contributed by atoms with E-state index in [0.29, 0.717) is 11.8 Å². The Morgan fingerprint density at radius 1 is 1.00 bits per heavy atom. The van der Waals surface area contributed by atoms with E-state index in [2.05, 4.69) is 51.2 Å². The molecule has 33 heavy (non-hydrogen) atoms. The van der Waals surface area contributed by atoms with E-state index in [1.54, 1.807) is 6.20 Å². The molecule has 3 aliphatic rings. The number of rotatable bonds is 4. The summed E-state index contributed by atoms with van der Waals surface area (Å²) in [5, 5.41) is 0. The Morgan fingerprint density at radius 3 is 2.55 bits per heavy atom. The van der Waals surface area contributed by atoms with E-state index in [9.17, 15) is 4.79 Å². The van der Waals surface area contributed by atoms with Gasteiger partial charge in [-0.3, -0.25) is 14.8 Å². The van der Waals surface area contributed by atoms with Gasteiger partial charge >= 0.3 is 0 Å². The molecule has 1 aromatic heterocycles. The monoisotopic (exact) mass is 444 g/mol. The van der Waals surface area contributed by atoms with E-state index in [0.717, 1.165) is 76.1 Å². The van der Waals surface area contributed by atoms with Crippen LogP contribution in [0.25, 0.3) is 6.08 Å². The summed E-state index contributed by atoms with van der Waals surface area (Å²) in [6, 6.07) is 12.9. The molecule has 0 unspecified atom stereocenters. The minimum Gasteiger partial charge on any atom is -0.370 e. The van der Waals surface area contributed by atoms with Gasteiger partial charge in [0.05, 0.1) is 5.71 Å². The molecule has 1 amide bonds. The summed E-state index contributed by atoms with van der Waals surface area (Å²) in [6.07, 6.45) is 11.3. The first-order valence-corrected chi connectivity index (χ1v) is 12.6. The highest BCUT2D eigenvalue weighted by Gasteiger charge is 2.33. The summed E-state index contributed by atoms with van der Waals surface area (Å²) in [5.74, 6) is 0.696. The van der Waals surface area contributed by atoms with E-state index in [4.69, 9.17) is 4.99 Å². The first-order valence-electron chi connectivity index (χ1n) is 12.6. The highest BCUT2D eigenvalue weighted by molar-refractivity contribution is 6.15. The Hall–Kier alpha value is -2.95. The van der Waals surface area contributed by atoms with Crippen LogP contribution in [0, 0.1) is 5.92 Å². The lowest BCUT2D eigenvalue weighted by atomic mass is 9.95. The van der Waals surface area contributed by atoms with E-state index < -0.39 is 0 Å². The smallest absolute Gasteiger partial charge is 0.225 e. The number of anilines is 1. The van der Waals surface area contributed by atoms with Crippen LogP contribution < -0.4 is 4.90 Å². The molecule has 5 nitrogen and oxygen atoms in total. The Balaban J connectivity index is 0.00000126. The van der Waals surface area contributed by atoms with Gasteiger partial charge in [0, 0.05) is 62.3 Å². The van der Waals surface area contributed by atoms with Crippen molar-refractivity contribution in [3.8, 4) is 0 Å². The van der Waals surface area contributed by atoms with Gasteiger partial charge < -0.3 is 9.80 Å². The second-order valence-electron chi connectivity index (χ2n) is 8.78. The summed E-state index contributed by atoms with van der Waals surface area (Å²) < 4.78 is 0. The molecule has 5 heteroatoms. The number of hydrogen-bond donors (Lipinski definition) is 0. The average molecular weight is 445 g/mol. The van der Waals surface area contributed by atoms with Gasteiger partial charge in [0.25, 0.3) is 0 Å². The van der Waals surface area contributed by atoms with Crippen LogP contribution in [0.3, 0.4) is 0 Å². The molecule has 1 saturated carbocycles. The number of amides is 1. The first-order chi connectivity index (χ1) is 16.3. The van der Waals surface area contributed by atoms with Crippen molar-refractivity contribution in [2.45, 2.75) is 46.0 Å². The number of hydrogen-bond acceptors (Lipinski definition) is 4. The van der Waals surface area contributed by atoms with Crippen molar-refractivity contribution in [1.29, 1.82) is 0 Å². The predicted octanol–water partition coefficient (Wildman–Crippen LogP) is 5.22. The van der Waals surface area contributed by atoms with Crippen LogP contribution in [-0.2, 0) is 4.79 Å². The van der Waals surface area contributed by atoms with Crippen LogP contribution in [0.4, 0.5) is 5.69 Å². The fourth-order valence-corrected chi connectivity index (χ4v) is 4.57. The Bertz CT molecular complexity index is 977. The summed E-state index contributed by atoms with van der Waals surface area (Å²) in [4.78, 5) is 26.0. The SMILES string of the molecule is CC.O=C(C1CC1)N1CCCN(c2ccc(/C=C3\CCCN=C3c3cccnc3)cc2)CC1. The molecule has 5 rings (SSSR count). The summed E-state index contributed by atoms with van der Waals surface area (Å²) in [7, 11) is 0. The number of aliphatic imine (C=N–C) groups is 1. The number of aromatic nitrogens is 1. The van der Waals surface area contributed by atoms with Gasteiger partial charge in [-0.05, 0) is 73.6 Å². The van der Waals surface area contributed by atoms with Crippen LogP contribution in [0.5, 0.6) is 0 Å². The molecule has 1 aromatic carbocycles. The van der Waals surface area contributed by atoms with Gasteiger partial charge in [-0.1, -0.05) is 26.0 Å². The van der Waals surface area contributed by atoms with Gasteiger partial charge in [-0.15, -0.1) is 0 Å². The van der Waals surface area contributed by atoms with Crippen LogP contribution in [-0.4, -0.2) is 54.2 Å². The van der Waals surface area contributed by atoms with Crippen molar-refractivity contribution >= 4 is 23.4 Å². The van der Waals surface area contributed by atoms with Crippen molar-refractivity contribution in [1.82, 2.24) is 9.88 Å². The number of nitrogens with zero attached hydrogens (tertiary/aromatic N) is 4. The maximum Gasteiger partial charge on any atom is 0.225 e. The molecule has 1 saturated heterocycles. The molecule has 1 aliphatic carbocycles. The fraction of sp³-hybridized carbons (Fsp3) is 0.464. The molecule has 0 radical (unpaired) electrons. The third kappa shape index (κ3) is 5.89. The van der Waals surface area contributed by atoms with Crippen molar-refractivity contribution < 1.29 is 4.79 Å². The highest BCUT2D eigenvalue weighted by Crippen LogP contribution is 2.31. The quantitative estimate of drug-likeness (QED) is 0.649. The number of benzene rings is 1. The molecule has 3 heterocycles. The van der Waals surface area contributed by atoms with Gasteiger partial charge in [0.1, 0.15) is 0 Å². The number of carbonyl (C=O) groups is 1.